The van der Waals surface area contributed by atoms with Gasteiger partial charge in [-0.15, -0.1) is 11.3 Å². The minimum absolute atomic E-state index is 0.0835. The van der Waals surface area contributed by atoms with Gasteiger partial charge in [0.1, 0.15) is 10.7 Å². The number of fused-ring (bicyclic) bond motifs is 3. The second-order valence-corrected chi connectivity index (χ2v) is 10.6. The van der Waals surface area contributed by atoms with Crippen LogP contribution >= 0.6 is 22.9 Å². The molecule has 1 amide bonds. The number of carbonyl (C=O) groups excluding carboxylic acids is 1. The monoisotopic (exact) mass is 443 g/mol. The molecule has 2 heterocycles. The fourth-order valence-corrected chi connectivity index (χ4v) is 5.52. The maximum Gasteiger partial charge on any atom is 0.259 e. The summed E-state index contributed by atoms with van der Waals surface area (Å²) in [7, 11) is 0. The summed E-state index contributed by atoms with van der Waals surface area (Å²) in [6.07, 6.45) is 3.68. The van der Waals surface area contributed by atoms with Gasteiger partial charge in [-0.2, -0.15) is 0 Å². The molecule has 158 valence electrons. The van der Waals surface area contributed by atoms with E-state index in [0.29, 0.717) is 28.9 Å². The van der Waals surface area contributed by atoms with Crippen LogP contribution in [0.15, 0.2) is 29.1 Å². The molecule has 5 nitrogen and oxygen atoms in total. The molecule has 1 atom stereocenters. The predicted molar refractivity (Wildman–Crippen MR) is 124 cm³/mol. The number of aromatic nitrogens is 2. The van der Waals surface area contributed by atoms with Crippen molar-refractivity contribution in [1.82, 2.24) is 9.97 Å². The van der Waals surface area contributed by atoms with Crippen LogP contribution in [0.25, 0.3) is 10.2 Å². The zero-order valence-corrected chi connectivity index (χ0v) is 19.0. The highest BCUT2D eigenvalue weighted by Gasteiger charge is 2.31. The van der Waals surface area contributed by atoms with Crippen molar-refractivity contribution >= 4 is 44.7 Å². The van der Waals surface area contributed by atoms with E-state index in [9.17, 15) is 9.59 Å². The van der Waals surface area contributed by atoms with Crippen molar-refractivity contribution < 1.29 is 4.79 Å². The molecule has 7 heteroatoms. The summed E-state index contributed by atoms with van der Waals surface area (Å²) in [6, 6.07) is 6.97. The van der Waals surface area contributed by atoms with Gasteiger partial charge in [-0.1, -0.05) is 32.4 Å². The fourth-order valence-electron chi connectivity index (χ4n) is 4.07. The number of carbonyl (C=O) groups is 1. The lowest BCUT2D eigenvalue weighted by Gasteiger charge is -2.33. The average Bonchev–Trinajstić information content (AvgIpc) is 3.05. The number of benzene rings is 1. The lowest BCUT2D eigenvalue weighted by atomic mass is 9.72. The Balaban J connectivity index is 1.49. The summed E-state index contributed by atoms with van der Waals surface area (Å²) in [4.78, 5) is 34.7. The first kappa shape index (κ1) is 21.1. The minimum atomic E-state index is -0.126. The molecule has 1 unspecified atom stereocenters. The number of rotatable bonds is 4. The van der Waals surface area contributed by atoms with Crippen molar-refractivity contribution in [3.8, 4) is 0 Å². The summed E-state index contributed by atoms with van der Waals surface area (Å²) in [5, 5.41) is 4.20. The molecule has 0 saturated heterocycles. The molecule has 30 heavy (non-hydrogen) atoms. The number of halogens is 1. The number of thiophene rings is 1. The van der Waals surface area contributed by atoms with Gasteiger partial charge in [-0.05, 0) is 60.4 Å². The largest absolute Gasteiger partial charge is 0.326 e. The maximum atomic E-state index is 12.8. The van der Waals surface area contributed by atoms with Crippen molar-refractivity contribution in [3.63, 3.8) is 0 Å². The molecule has 0 saturated carbocycles. The van der Waals surface area contributed by atoms with Crippen molar-refractivity contribution in [2.75, 3.05) is 5.32 Å². The Labute approximate surface area is 184 Å². The van der Waals surface area contributed by atoms with E-state index in [1.165, 1.54) is 10.4 Å². The number of anilines is 1. The summed E-state index contributed by atoms with van der Waals surface area (Å²) >= 11 is 7.51. The van der Waals surface area contributed by atoms with E-state index in [4.69, 9.17) is 11.6 Å². The molecule has 1 aliphatic carbocycles. The lowest BCUT2D eigenvalue weighted by molar-refractivity contribution is -0.116. The van der Waals surface area contributed by atoms with Crippen LogP contribution in [0, 0.1) is 11.3 Å². The number of nitrogens with zero attached hydrogens (tertiary/aromatic N) is 1. The van der Waals surface area contributed by atoms with Crippen LogP contribution in [-0.2, 0) is 24.1 Å². The molecule has 0 fully saturated rings. The van der Waals surface area contributed by atoms with Gasteiger partial charge in [0.05, 0.1) is 5.39 Å². The molecular formula is C23H26ClN3O2S. The van der Waals surface area contributed by atoms with Gasteiger partial charge in [-0.3, -0.25) is 9.59 Å². The van der Waals surface area contributed by atoms with Gasteiger partial charge in [0.25, 0.3) is 5.56 Å². The molecule has 2 aromatic heterocycles. The Morgan fingerprint density at radius 1 is 1.30 bits per heavy atom. The first-order valence-electron chi connectivity index (χ1n) is 10.3. The molecule has 1 aliphatic rings. The van der Waals surface area contributed by atoms with Crippen molar-refractivity contribution in [2.24, 2.45) is 11.3 Å². The molecule has 0 spiro atoms. The second-order valence-electron chi connectivity index (χ2n) is 9.06. The molecule has 1 aromatic carbocycles. The van der Waals surface area contributed by atoms with E-state index in [1.54, 1.807) is 35.6 Å². The Morgan fingerprint density at radius 2 is 2.03 bits per heavy atom. The van der Waals surface area contributed by atoms with Gasteiger partial charge in [0.2, 0.25) is 5.91 Å². The zero-order valence-electron chi connectivity index (χ0n) is 17.5. The first-order valence-corrected chi connectivity index (χ1v) is 11.5. The number of aromatic amines is 1. The van der Waals surface area contributed by atoms with Crippen molar-refractivity contribution in [1.29, 1.82) is 0 Å². The van der Waals surface area contributed by atoms with E-state index in [0.717, 1.165) is 29.5 Å². The van der Waals surface area contributed by atoms with Crippen LogP contribution in [0.4, 0.5) is 5.69 Å². The van der Waals surface area contributed by atoms with Gasteiger partial charge in [0, 0.05) is 28.4 Å². The topological polar surface area (TPSA) is 74.8 Å². The fraction of sp³-hybridized carbons (Fsp3) is 0.435. The molecule has 4 rings (SSSR count). The van der Waals surface area contributed by atoms with Crippen molar-refractivity contribution in [2.45, 2.75) is 52.9 Å². The Hall–Kier alpha value is -2.18. The van der Waals surface area contributed by atoms with Crippen LogP contribution < -0.4 is 10.9 Å². The van der Waals surface area contributed by atoms with Crippen LogP contribution in [-0.4, -0.2) is 15.9 Å². The summed E-state index contributed by atoms with van der Waals surface area (Å²) < 4.78 is 0. The molecule has 0 aliphatic heterocycles. The third kappa shape index (κ3) is 4.44. The molecule has 3 aromatic rings. The average molecular weight is 444 g/mol. The lowest BCUT2D eigenvalue weighted by Crippen LogP contribution is -2.26. The highest BCUT2D eigenvalue weighted by atomic mass is 35.5. The smallest absolute Gasteiger partial charge is 0.259 e. The molecular weight excluding hydrogens is 418 g/mol. The Morgan fingerprint density at radius 3 is 2.73 bits per heavy atom. The third-order valence-corrected chi connectivity index (χ3v) is 7.31. The third-order valence-electron chi connectivity index (χ3n) is 5.91. The maximum absolute atomic E-state index is 12.8. The summed E-state index contributed by atoms with van der Waals surface area (Å²) in [5.41, 5.74) is 2.05. The van der Waals surface area contributed by atoms with E-state index in [2.05, 4.69) is 36.1 Å². The van der Waals surface area contributed by atoms with Crippen molar-refractivity contribution in [3.05, 3.63) is 55.9 Å². The normalized spacial score (nSPS) is 16.5. The van der Waals surface area contributed by atoms with Gasteiger partial charge in [0.15, 0.2) is 0 Å². The summed E-state index contributed by atoms with van der Waals surface area (Å²) in [6.45, 7) is 6.86. The number of nitrogens with one attached hydrogen (secondary N) is 2. The zero-order chi connectivity index (χ0) is 21.5. The predicted octanol–water partition coefficient (Wildman–Crippen LogP) is 5.36. The van der Waals surface area contributed by atoms with E-state index in [-0.39, 0.29) is 23.3 Å². The number of H-pyrrole nitrogens is 1. The number of aryl methyl sites for hydroxylation is 2. The quantitative estimate of drug-likeness (QED) is 0.569. The Bertz CT molecular complexity index is 1140. The summed E-state index contributed by atoms with van der Waals surface area (Å²) in [5.74, 6) is 1.05. The molecule has 2 N–H and O–H groups in total. The molecule has 0 radical (unpaired) electrons. The van der Waals surface area contributed by atoms with Gasteiger partial charge < -0.3 is 10.3 Å². The van der Waals surface area contributed by atoms with Gasteiger partial charge >= 0.3 is 0 Å². The SMILES string of the molecule is CC(C)(C)C1CCc2c(sc3nc(CCC(=O)Nc4ccc(Cl)cc4)[nH]c(=O)c23)C1. The van der Waals surface area contributed by atoms with Crippen LogP contribution in [0.5, 0.6) is 0 Å². The number of hydrogen-bond donors (Lipinski definition) is 2. The Kier molecular flexibility index (Phi) is 5.73. The van der Waals surface area contributed by atoms with E-state index >= 15 is 0 Å². The number of amides is 1. The van der Waals surface area contributed by atoms with Crippen LogP contribution in [0.2, 0.25) is 5.02 Å². The highest BCUT2D eigenvalue weighted by Crippen LogP contribution is 2.41. The minimum Gasteiger partial charge on any atom is -0.326 e. The van der Waals surface area contributed by atoms with Gasteiger partial charge in [-0.25, -0.2) is 4.98 Å². The van der Waals surface area contributed by atoms with Crippen LogP contribution in [0.1, 0.15) is 49.9 Å². The number of hydrogen-bond acceptors (Lipinski definition) is 4. The second kappa shape index (κ2) is 8.16. The van der Waals surface area contributed by atoms with E-state index in [1.807, 2.05) is 0 Å². The molecule has 0 bridgehead atoms. The van der Waals surface area contributed by atoms with Crippen LogP contribution in [0.3, 0.4) is 0 Å². The standard InChI is InChI=1S/C23H26ClN3O2S/c1-23(2,3)13-4-9-16-17(12-13)30-22-20(16)21(29)26-18(27-22)10-11-19(28)25-15-7-5-14(24)6-8-15/h5-8,13H,4,9-12H2,1-3H3,(H,25,28)(H,26,27,29). The highest BCUT2D eigenvalue weighted by molar-refractivity contribution is 7.18. The first-order chi connectivity index (χ1) is 14.2. The van der Waals surface area contributed by atoms with E-state index < -0.39 is 0 Å².